The Morgan fingerprint density at radius 3 is 1.37 bits per heavy atom. The van der Waals surface area contributed by atoms with Crippen molar-refractivity contribution in [2.75, 3.05) is 0 Å². The average Bonchev–Trinajstić information content (AvgIpc) is 3.93. The third kappa shape index (κ3) is 4.73. The number of para-hydroxylation sites is 5. The van der Waals surface area contributed by atoms with Crippen molar-refractivity contribution in [3.8, 4) is 39.3 Å². The van der Waals surface area contributed by atoms with Gasteiger partial charge in [0, 0.05) is 38.0 Å². The molecule has 266 valence electrons. The topological polar surface area (TPSA) is 14.8 Å². The van der Waals surface area contributed by atoms with Crippen molar-refractivity contribution >= 4 is 65.4 Å². The largest absolute Gasteiger partial charge is 0.309 e. The van der Waals surface area contributed by atoms with Gasteiger partial charge in [0.25, 0.3) is 0 Å². The molecular formula is C54H35N3. The van der Waals surface area contributed by atoms with Crippen molar-refractivity contribution in [2.24, 2.45) is 0 Å². The van der Waals surface area contributed by atoms with E-state index >= 15 is 0 Å². The predicted molar refractivity (Wildman–Crippen MR) is 240 cm³/mol. The van der Waals surface area contributed by atoms with Gasteiger partial charge in [0.15, 0.2) is 0 Å². The van der Waals surface area contributed by atoms with Gasteiger partial charge < -0.3 is 13.7 Å². The SMILES string of the molecule is c1ccc(-c2cccc(-c3cccc(-n4c5ccccc5c5cccc(-n6c7ccccc7c7c(-n8c9ccccc9c9ccccc98)cccc76)c54)c3)c2)cc1. The Kier molecular flexibility index (Phi) is 6.93. The Morgan fingerprint density at radius 2 is 0.667 bits per heavy atom. The molecule has 0 N–H and O–H groups in total. The fraction of sp³-hybridized carbons (Fsp3) is 0. The quantitative estimate of drug-likeness (QED) is 0.168. The van der Waals surface area contributed by atoms with Gasteiger partial charge in [0.1, 0.15) is 0 Å². The summed E-state index contributed by atoms with van der Waals surface area (Å²) in [6.45, 7) is 0. The van der Waals surface area contributed by atoms with Crippen LogP contribution in [0.4, 0.5) is 0 Å². The number of fused-ring (bicyclic) bond motifs is 9. The molecule has 0 spiro atoms. The third-order valence-electron chi connectivity index (χ3n) is 11.8. The number of aromatic nitrogens is 3. The Morgan fingerprint density at radius 1 is 0.246 bits per heavy atom. The van der Waals surface area contributed by atoms with Crippen molar-refractivity contribution < 1.29 is 0 Å². The Balaban J connectivity index is 1.14. The monoisotopic (exact) mass is 725 g/mol. The minimum atomic E-state index is 1.13. The number of benzene rings is 9. The summed E-state index contributed by atoms with van der Waals surface area (Å²) in [6, 6.07) is 77.4. The highest BCUT2D eigenvalue weighted by atomic mass is 15.1. The molecule has 0 bridgehead atoms. The summed E-state index contributed by atoms with van der Waals surface area (Å²) in [4.78, 5) is 0. The molecule has 0 unspecified atom stereocenters. The molecular weight excluding hydrogens is 691 g/mol. The first-order valence-electron chi connectivity index (χ1n) is 19.6. The predicted octanol–water partition coefficient (Wildman–Crippen LogP) is 14.3. The molecule has 3 aromatic heterocycles. The van der Waals surface area contributed by atoms with Crippen LogP contribution in [0.2, 0.25) is 0 Å². The van der Waals surface area contributed by atoms with Gasteiger partial charge >= 0.3 is 0 Å². The van der Waals surface area contributed by atoms with E-state index in [-0.39, 0.29) is 0 Å². The van der Waals surface area contributed by atoms with E-state index in [1.54, 1.807) is 0 Å². The van der Waals surface area contributed by atoms with E-state index in [2.05, 4.69) is 226 Å². The van der Waals surface area contributed by atoms with Crippen molar-refractivity contribution in [2.45, 2.75) is 0 Å². The summed E-state index contributed by atoms with van der Waals surface area (Å²) in [7, 11) is 0. The van der Waals surface area contributed by atoms with Crippen LogP contribution in [0.1, 0.15) is 0 Å². The van der Waals surface area contributed by atoms with Crippen molar-refractivity contribution in [3.63, 3.8) is 0 Å². The second-order valence-electron chi connectivity index (χ2n) is 14.9. The van der Waals surface area contributed by atoms with Gasteiger partial charge in [-0.1, -0.05) is 152 Å². The van der Waals surface area contributed by atoms with Gasteiger partial charge in [-0.25, -0.2) is 0 Å². The molecule has 0 radical (unpaired) electrons. The van der Waals surface area contributed by atoms with E-state index in [0.717, 1.165) is 11.4 Å². The molecule has 0 saturated carbocycles. The zero-order valence-electron chi connectivity index (χ0n) is 31.0. The van der Waals surface area contributed by atoms with Gasteiger partial charge in [0.2, 0.25) is 0 Å². The lowest BCUT2D eigenvalue weighted by atomic mass is 9.99. The third-order valence-corrected chi connectivity index (χ3v) is 11.8. The maximum absolute atomic E-state index is 2.49. The van der Waals surface area contributed by atoms with Crippen LogP contribution in [0.25, 0.3) is 105 Å². The van der Waals surface area contributed by atoms with Crippen molar-refractivity contribution in [1.29, 1.82) is 0 Å². The van der Waals surface area contributed by atoms with Crippen LogP contribution >= 0.6 is 0 Å². The van der Waals surface area contributed by atoms with E-state index in [4.69, 9.17) is 0 Å². The van der Waals surface area contributed by atoms with Gasteiger partial charge in [-0.2, -0.15) is 0 Å². The first kappa shape index (κ1) is 31.7. The van der Waals surface area contributed by atoms with E-state index in [1.807, 2.05) is 0 Å². The van der Waals surface area contributed by atoms with Gasteiger partial charge in [-0.05, 0) is 82.9 Å². The van der Waals surface area contributed by atoms with Gasteiger partial charge in [0.05, 0.1) is 44.5 Å². The summed E-state index contributed by atoms with van der Waals surface area (Å²) in [5, 5.41) is 7.44. The Labute approximate surface area is 329 Å². The first-order chi connectivity index (χ1) is 28.3. The van der Waals surface area contributed by atoms with Crippen molar-refractivity contribution in [3.05, 3.63) is 212 Å². The molecule has 3 nitrogen and oxygen atoms in total. The summed E-state index contributed by atoms with van der Waals surface area (Å²) in [5.74, 6) is 0. The number of hydrogen-bond donors (Lipinski definition) is 0. The molecule has 57 heavy (non-hydrogen) atoms. The highest BCUT2D eigenvalue weighted by Crippen LogP contribution is 2.43. The second kappa shape index (κ2) is 12.5. The normalized spacial score (nSPS) is 11.9. The first-order valence-corrected chi connectivity index (χ1v) is 19.6. The van der Waals surface area contributed by atoms with Gasteiger partial charge in [-0.3, -0.25) is 0 Å². The number of hydrogen-bond acceptors (Lipinski definition) is 0. The summed E-state index contributed by atoms with van der Waals surface area (Å²) in [6.07, 6.45) is 0. The van der Waals surface area contributed by atoms with E-state index < -0.39 is 0 Å². The maximum atomic E-state index is 2.49. The van der Waals surface area contributed by atoms with E-state index in [1.165, 1.54) is 93.4 Å². The summed E-state index contributed by atoms with van der Waals surface area (Å²) < 4.78 is 7.43. The van der Waals surface area contributed by atoms with Crippen LogP contribution in [0, 0.1) is 0 Å². The molecule has 12 aromatic rings. The Hall–Kier alpha value is -7.62. The zero-order valence-corrected chi connectivity index (χ0v) is 31.0. The fourth-order valence-electron chi connectivity index (χ4n) is 9.41. The molecule has 0 atom stereocenters. The lowest BCUT2D eigenvalue weighted by molar-refractivity contribution is 1.13. The zero-order chi connectivity index (χ0) is 37.5. The highest BCUT2D eigenvalue weighted by Gasteiger charge is 2.23. The van der Waals surface area contributed by atoms with Crippen LogP contribution in [-0.2, 0) is 0 Å². The second-order valence-corrected chi connectivity index (χ2v) is 14.9. The molecule has 3 heteroatoms. The van der Waals surface area contributed by atoms with Crippen molar-refractivity contribution in [1.82, 2.24) is 13.7 Å². The lowest BCUT2D eigenvalue weighted by Gasteiger charge is -2.16. The van der Waals surface area contributed by atoms with Crippen LogP contribution < -0.4 is 0 Å². The molecule has 12 rings (SSSR count). The average molecular weight is 726 g/mol. The number of nitrogens with zero attached hydrogens (tertiary/aromatic N) is 3. The smallest absolute Gasteiger partial charge is 0.0782 e. The molecule has 0 amide bonds. The fourth-order valence-corrected chi connectivity index (χ4v) is 9.41. The molecule has 0 aliphatic rings. The molecule has 0 aliphatic heterocycles. The van der Waals surface area contributed by atoms with Crippen LogP contribution in [-0.4, -0.2) is 13.7 Å². The van der Waals surface area contributed by atoms with E-state index in [0.29, 0.717) is 0 Å². The summed E-state index contributed by atoms with van der Waals surface area (Å²) >= 11 is 0. The molecule has 3 heterocycles. The lowest BCUT2D eigenvalue weighted by Crippen LogP contribution is -2.01. The van der Waals surface area contributed by atoms with Gasteiger partial charge in [-0.15, -0.1) is 0 Å². The molecule has 0 fully saturated rings. The number of rotatable bonds is 5. The molecule has 0 aliphatic carbocycles. The standard InChI is InChI=1S/C54H35N3/c1-2-16-36(17-3-1)37-18-12-19-38(34-37)39-20-13-21-40(35-39)55-46-27-8-6-24-43(46)44-26-14-33-52(54(44)55)57-49-30-11-7-25-45(49)53-50(31-15-32-51(53)57)56-47-28-9-4-22-41(47)42-23-5-10-29-48(42)56/h1-35H. The van der Waals surface area contributed by atoms with Crippen LogP contribution in [0.15, 0.2) is 212 Å². The van der Waals surface area contributed by atoms with E-state index in [9.17, 15) is 0 Å². The Bertz CT molecular complexity index is 3470. The van der Waals surface area contributed by atoms with Crippen LogP contribution in [0.3, 0.4) is 0 Å². The molecule has 9 aromatic carbocycles. The van der Waals surface area contributed by atoms with Crippen LogP contribution in [0.5, 0.6) is 0 Å². The minimum Gasteiger partial charge on any atom is -0.309 e. The maximum Gasteiger partial charge on any atom is 0.0782 e. The molecule has 0 saturated heterocycles. The minimum absolute atomic E-state index is 1.13. The summed E-state index contributed by atoms with van der Waals surface area (Å²) in [5.41, 5.74) is 15.4. The highest BCUT2D eigenvalue weighted by molar-refractivity contribution is 6.18.